The molecule has 1 rings (SSSR count). The molecular weight excluding hydrogens is 298 g/mol. The lowest BCUT2D eigenvalue weighted by Gasteiger charge is -2.22. The number of rotatable bonds is 6. The number of halogens is 2. The largest absolute Gasteiger partial charge is 0.310 e. The SMILES string of the molecule is CCNC(CC(C)CC)c1ccc(Br)cc1Cl. The van der Waals surface area contributed by atoms with E-state index < -0.39 is 0 Å². The molecule has 96 valence electrons. The lowest BCUT2D eigenvalue weighted by Crippen LogP contribution is -2.23. The minimum atomic E-state index is 0.357. The van der Waals surface area contributed by atoms with Crippen molar-refractivity contribution >= 4 is 27.5 Å². The van der Waals surface area contributed by atoms with Gasteiger partial charge in [0.05, 0.1) is 0 Å². The Morgan fingerprint density at radius 1 is 1.35 bits per heavy atom. The minimum absolute atomic E-state index is 0.357. The normalized spacial score (nSPS) is 14.6. The van der Waals surface area contributed by atoms with Crippen LogP contribution in [-0.2, 0) is 0 Å². The van der Waals surface area contributed by atoms with Gasteiger partial charge < -0.3 is 5.32 Å². The van der Waals surface area contributed by atoms with Gasteiger partial charge >= 0.3 is 0 Å². The molecule has 1 nitrogen and oxygen atoms in total. The third-order valence-corrected chi connectivity index (χ3v) is 3.94. The van der Waals surface area contributed by atoms with Crippen LogP contribution in [-0.4, -0.2) is 6.54 Å². The van der Waals surface area contributed by atoms with E-state index in [0.29, 0.717) is 12.0 Å². The lowest BCUT2D eigenvalue weighted by atomic mass is 9.94. The molecule has 0 radical (unpaired) electrons. The number of hydrogen-bond donors (Lipinski definition) is 1. The van der Waals surface area contributed by atoms with Crippen LogP contribution in [0.5, 0.6) is 0 Å². The topological polar surface area (TPSA) is 12.0 Å². The van der Waals surface area contributed by atoms with Gasteiger partial charge in [-0.05, 0) is 36.6 Å². The van der Waals surface area contributed by atoms with Gasteiger partial charge in [-0.3, -0.25) is 0 Å². The minimum Gasteiger partial charge on any atom is -0.310 e. The molecule has 0 saturated heterocycles. The predicted octanol–water partition coefficient (Wildman–Crippen LogP) is 5.19. The number of hydrogen-bond acceptors (Lipinski definition) is 1. The van der Waals surface area contributed by atoms with Gasteiger partial charge in [0.25, 0.3) is 0 Å². The van der Waals surface area contributed by atoms with E-state index in [4.69, 9.17) is 11.6 Å². The molecule has 1 aromatic rings. The molecule has 0 amide bonds. The van der Waals surface area contributed by atoms with Crippen LogP contribution in [0.3, 0.4) is 0 Å². The van der Waals surface area contributed by atoms with Crippen LogP contribution >= 0.6 is 27.5 Å². The van der Waals surface area contributed by atoms with Crippen molar-refractivity contribution in [3.05, 3.63) is 33.3 Å². The van der Waals surface area contributed by atoms with Crippen molar-refractivity contribution in [2.24, 2.45) is 5.92 Å². The van der Waals surface area contributed by atoms with Gasteiger partial charge in [-0.25, -0.2) is 0 Å². The van der Waals surface area contributed by atoms with Crippen LogP contribution in [0.2, 0.25) is 5.02 Å². The van der Waals surface area contributed by atoms with Gasteiger partial charge in [-0.15, -0.1) is 0 Å². The Morgan fingerprint density at radius 3 is 2.59 bits per heavy atom. The first-order chi connectivity index (χ1) is 8.08. The highest BCUT2D eigenvalue weighted by Crippen LogP contribution is 2.30. The van der Waals surface area contributed by atoms with E-state index in [1.54, 1.807) is 0 Å². The van der Waals surface area contributed by atoms with E-state index in [1.165, 1.54) is 12.0 Å². The maximum absolute atomic E-state index is 6.32. The van der Waals surface area contributed by atoms with Gasteiger partial charge in [0.1, 0.15) is 0 Å². The maximum atomic E-state index is 6.32. The first-order valence-electron chi connectivity index (χ1n) is 6.26. The molecule has 0 aliphatic heterocycles. The molecule has 1 N–H and O–H groups in total. The molecule has 0 aromatic heterocycles. The maximum Gasteiger partial charge on any atom is 0.0465 e. The van der Waals surface area contributed by atoms with Gasteiger partial charge in [0.15, 0.2) is 0 Å². The van der Waals surface area contributed by atoms with Crippen LogP contribution in [0.1, 0.15) is 45.2 Å². The second-order valence-electron chi connectivity index (χ2n) is 4.53. The standard InChI is InChI=1S/C14H21BrClN/c1-4-10(3)8-14(17-5-2)12-7-6-11(15)9-13(12)16/h6-7,9-10,14,17H,4-5,8H2,1-3H3. The fourth-order valence-electron chi connectivity index (χ4n) is 1.92. The third-order valence-electron chi connectivity index (χ3n) is 3.12. The second-order valence-corrected chi connectivity index (χ2v) is 5.85. The molecule has 0 saturated carbocycles. The monoisotopic (exact) mass is 317 g/mol. The van der Waals surface area contributed by atoms with Crippen molar-refractivity contribution in [3.63, 3.8) is 0 Å². The molecule has 3 heteroatoms. The summed E-state index contributed by atoms with van der Waals surface area (Å²) in [4.78, 5) is 0. The van der Waals surface area contributed by atoms with Gasteiger partial charge in [-0.1, -0.05) is 60.8 Å². The Morgan fingerprint density at radius 2 is 2.06 bits per heavy atom. The summed E-state index contributed by atoms with van der Waals surface area (Å²) in [6.45, 7) is 7.62. The highest BCUT2D eigenvalue weighted by molar-refractivity contribution is 9.10. The summed E-state index contributed by atoms with van der Waals surface area (Å²) in [5.74, 6) is 0.707. The van der Waals surface area contributed by atoms with Gasteiger partial charge in [0, 0.05) is 15.5 Å². The fraction of sp³-hybridized carbons (Fsp3) is 0.571. The molecule has 2 atom stereocenters. The van der Waals surface area contributed by atoms with Crippen molar-refractivity contribution in [3.8, 4) is 0 Å². The van der Waals surface area contributed by atoms with Crippen LogP contribution in [0.15, 0.2) is 22.7 Å². The average molecular weight is 319 g/mol. The zero-order valence-corrected chi connectivity index (χ0v) is 13.1. The Labute approximate surface area is 118 Å². The van der Waals surface area contributed by atoms with Crippen molar-refractivity contribution in [2.75, 3.05) is 6.54 Å². The van der Waals surface area contributed by atoms with E-state index in [2.05, 4.69) is 54.2 Å². The molecule has 0 bridgehead atoms. The highest BCUT2D eigenvalue weighted by Gasteiger charge is 2.16. The van der Waals surface area contributed by atoms with Crippen molar-refractivity contribution in [1.82, 2.24) is 5.32 Å². The second kappa shape index (κ2) is 7.40. The summed E-state index contributed by atoms with van der Waals surface area (Å²) in [7, 11) is 0. The fourth-order valence-corrected chi connectivity index (χ4v) is 2.72. The first kappa shape index (κ1) is 15.0. The zero-order chi connectivity index (χ0) is 12.8. The van der Waals surface area contributed by atoms with Crippen LogP contribution < -0.4 is 5.32 Å². The smallest absolute Gasteiger partial charge is 0.0465 e. The van der Waals surface area contributed by atoms with E-state index in [9.17, 15) is 0 Å². The Balaban J connectivity index is 2.88. The molecule has 17 heavy (non-hydrogen) atoms. The van der Waals surface area contributed by atoms with Crippen LogP contribution in [0.4, 0.5) is 0 Å². The Hall–Kier alpha value is -0.0500. The van der Waals surface area contributed by atoms with E-state index in [0.717, 1.165) is 22.5 Å². The zero-order valence-electron chi connectivity index (χ0n) is 10.8. The van der Waals surface area contributed by atoms with Crippen molar-refractivity contribution in [1.29, 1.82) is 0 Å². The van der Waals surface area contributed by atoms with Crippen molar-refractivity contribution < 1.29 is 0 Å². The van der Waals surface area contributed by atoms with E-state index in [-0.39, 0.29) is 0 Å². The van der Waals surface area contributed by atoms with E-state index >= 15 is 0 Å². The van der Waals surface area contributed by atoms with Crippen molar-refractivity contribution in [2.45, 2.75) is 39.7 Å². The summed E-state index contributed by atoms with van der Waals surface area (Å²) in [6, 6.07) is 6.50. The van der Waals surface area contributed by atoms with Gasteiger partial charge in [-0.2, -0.15) is 0 Å². The molecule has 0 aliphatic carbocycles. The molecule has 2 unspecified atom stereocenters. The summed E-state index contributed by atoms with van der Waals surface area (Å²) in [6.07, 6.45) is 2.34. The third kappa shape index (κ3) is 4.61. The highest BCUT2D eigenvalue weighted by atomic mass is 79.9. The molecule has 0 spiro atoms. The molecule has 0 aliphatic rings. The Bertz CT molecular complexity index is 354. The summed E-state index contributed by atoms with van der Waals surface area (Å²) in [5, 5.41) is 4.37. The predicted molar refractivity (Wildman–Crippen MR) is 79.6 cm³/mol. The summed E-state index contributed by atoms with van der Waals surface area (Å²) in [5.41, 5.74) is 1.21. The molecular formula is C14H21BrClN. The molecule has 0 heterocycles. The summed E-state index contributed by atoms with van der Waals surface area (Å²) < 4.78 is 1.03. The summed E-state index contributed by atoms with van der Waals surface area (Å²) >= 11 is 9.76. The molecule has 1 aromatic carbocycles. The lowest BCUT2D eigenvalue weighted by molar-refractivity contribution is 0.408. The number of benzene rings is 1. The quantitative estimate of drug-likeness (QED) is 0.761. The van der Waals surface area contributed by atoms with E-state index in [1.807, 2.05) is 6.07 Å². The van der Waals surface area contributed by atoms with Gasteiger partial charge in [0.2, 0.25) is 0 Å². The first-order valence-corrected chi connectivity index (χ1v) is 7.43. The Kier molecular flexibility index (Phi) is 6.53. The molecule has 0 fully saturated rings. The number of nitrogens with one attached hydrogen (secondary N) is 1. The van der Waals surface area contributed by atoms with Crippen LogP contribution in [0, 0.1) is 5.92 Å². The van der Waals surface area contributed by atoms with Crippen LogP contribution in [0.25, 0.3) is 0 Å². The average Bonchev–Trinajstić information content (AvgIpc) is 2.28.